The second-order valence-corrected chi connectivity index (χ2v) is 9.23. The number of benzene rings is 1. The molecule has 0 saturated carbocycles. The van der Waals surface area contributed by atoms with Gasteiger partial charge in [-0.25, -0.2) is 23.2 Å². The highest BCUT2D eigenvalue weighted by Gasteiger charge is 2.33. The highest BCUT2D eigenvalue weighted by atomic mass is 32.2. The first-order valence-corrected chi connectivity index (χ1v) is 11.0. The third kappa shape index (κ3) is 2.83. The summed E-state index contributed by atoms with van der Waals surface area (Å²) in [6.45, 7) is 0.0639. The summed E-state index contributed by atoms with van der Waals surface area (Å²) in [6.07, 6.45) is 4.23. The number of amides is 2. The number of hydrogen-bond donors (Lipinski definition) is 3. The van der Waals surface area contributed by atoms with Gasteiger partial charge in [-0.2, -0.15) is 5.10 Å². The first kappa shape index (κ1) is 18.5. The topological polar surface area (TPSA) is 132 Å². The molecular formula is C18H20FN5O4S. The molecule has 1 unspecified atom stereocenters. The van der Waals surface area contributed by atoms with E-state index in [9.17, 15) is 18.5 Å². The molecule has 0 radical (unpaired) electrons. The van der Waals surface area contributed by atoms with Gasteiger partial charge in [-0.3, -0.25) is 0 Å². The van der Waals surface area contributed by atoms with Crippen LogP contribution in [0.2, 0.25) is 0 Å². The highest BCUT2D eigenvalue weighted by molar-refractivity contribution is 7.91. The Morgan fingerprint density at radius 2 is 2.03 bits per heavy atom. The van der Waals surface area contributed by atoms with Gasteiger partial charge in [0.2, 0.25) is 5.88 Å². The second kappa shape index (κ2) is 6.51. The number of ether oxygens (including phenoxy) is 1. The largest absolute Gasteiger partial charge is 0.469 e. The lowest BCUT2D eigenvalue weighted by Crippen LogP contribution is -2.23. The molecule has 2 heterocycles. The summed E-state index contributed by atoms with van der Waals surface area (Å²) in [5.41, 5.74) is 3.47. The van der Waals surface area contributed by atoms with Gasteiger partial charge in [0.05, 0.1) is 19.3 Å². The lowest BCUT2D eigenvalue weighted by Gasteiger charge is -2.26. The minimum absolute atomic E-state index is 0.000872. The van der Waals surface area contributed by atoms with E-state index in [0.717, 1.165) is 17.5 Å². The Labute approximate surface area is 166 Å². The van der Waals surface area contributed by atoms with E-state index in [1.807, 2.05) is 0 Å². The van der Waals surface area contributed by atoms with E-state index in [1.165, 1.54) is 10.9 Å². The number of nitrogens with one attached hydrogen (secondary N) is 1. The summed E-state index contributed by atoms with van der Waals surface area (Å²) < 4.78 is 38.1. The Morgan fingerprint density at radius 1 is 1.34 bits per heavy atom. The average molecular weight is 421 g/mol. The highest BCUT2D eigenvalue weighted by Crippen LogP contribution is 2.42. The van der Waals surface area contributed by atoms with Crippen molar-refractivity contribution >= 4 is 21.6 Å². The SMILES string of the molecule is NS(=O)(=NC(=O)Nc1c2c(c(F)c3c1CC3)CCC2)c1cnn2c1O[C@H](CO)C2. The average Bonchev–Trinajstić information content (AvgIpc) is 3.33. The Hall–Kier alpha value is -2.50. The maximum Gasteiger partial charge on any atom is 0.354 e. The molecule has 0 fully saturated rings. The summed E-state index contributed by atoms with van der Waals surface area (Å²) in [4.78, 5) is 12.6. The van der Waals surface area contributed by atoms with Crippen molar-refractivity contribution in [3.8, 4) is 5.88 Å². The number of hydrogen-bond acceptors (Lipinski definition) is 5. The van der Waals surface area contributed by atoms with Crippen molar-refractivity contribution in [3.63, 3.8) is 0 Å². The molecule has 3 aliphatic rings. The van der Waals surface area contributed by atoms with Gasteiger partial charge in [0.25, 0.3) is 0 Å². The fourth-order valence-corrected chi connectivity index (χ4v) is 5.25. The fraction of sp³-hybridized carbons (Fsp3) is 0.444. The smallest absolute Gasteiger partial charge is 0.354 e. The maximum atomic E-state index is 14.5. The van der Waals surface area contributed by atoms with Crippen LogP contribution < -0.4 is 15.2 Å². The van der Waals surface area contributed by atoms with Crippen LogP contribution in [0.25, 0.3) is 0 Å². The molecule has 1 aromatic heterocycles. The summed E-state index contributed by atoms with van der Waals surface area (Å²) in [7, 11) is -3.62. The Kier molecular flexibility index (Phi) is 4.16. The number of carbonyl (C=O) groups is 1. The van der Waals surface area contributed by atoms with Crippen molar-refractivity contribution in [2.75, 3.05) is 11.9 Å². The van der Waals surface area contributed by atoms with Crippen molar-refractivity contribution < 1.29 is 23.2 Å². The van der Waals surface area contributed by atoms with Gasteiger partial charge in [0.15, 0.2) is 9.92 Å². The zero-order chi connectivity index (χ0) is 20.3. The number of nitrogens with zero attached hydrogens (tertiary/aromatic N) is 3. The molecule has 1 aromatic carbocycles. The maximum absolute atomic E-state index is 14.5. The van der Waals surface area contributed by atoms with Crippen molar-refractivity contribution in [3.05, 3.63) is 34.3 Å². The molecule has 2 amide bonds. The summed E-state index contributed by atoms with van der Waals surface area (Å²) in [5, 5.41) is 21.8. The molecule has 2 atom stereocenters. The number of aliphatic hydroxyl groups is 1. The van der Waals surface area contributed by atoms with Crippen molar-refractivity contribution in [2.45, 2.75) is 49.6 Å². The predicted octanol–water partition coefficient (Wildman–Crippen LogP) is 1.30. The monoisotopic (exact) mass is 421 g/mol. The number of anilines is 1. The van der Waals surface area contributed by atoms with Crippen LogP contribution in [0.3, 0.4) is 0 Å². The van der Waals surface area contributed by atoms with E-state index in [1.54, 1.807) is 0 Å². The van der Waals surface area contributed by atoms with Gasteiger partial charge in [-0.1, -0.05) is 0 Å². The Morgan fingerprint density at radius 3 is 2.76 bits per heavy atom. The van der Waals surface area contributed by atoms with Gasteiger partial charge in [-0.15, -0.1) is 4.36 Å². The van der Waals surface area contributed by atoms with E-state index >= 15 is 0 Å². The Bertz CT molecular complexity index is 1170. The van der Waals surface area contributed by atoms with Crippen LogP contribution in [-0.2, 0) is 42.1 Å². The number of urea groups is 1. The molecule has 11 heteroatoms. The number of aliphatic hydroxyl groups excluding tert-OH is 1. The van der Waals surface area contributed by atoms with Gasteiger partial charge >= 0.3 is 6.03 Å². The lowest BCUT2D eigenvalue weighted by atomic mass is 9.83. The molecule has 2 aliphatic carbocycles. The lowest BCUT2D eigenvalue weighted by molar-refractivity contribution is 0.130. The van der Waals surface area contributed by atoms with Gasteiger partial charge in [-0.05, 0) is 54.4 Å². The van der Waals surface area contributed by atoms with Crippen molar-refractivity contribution in [1.29, 1.82) is 0 Å². The zero-order valence-corrected chi connectivity index (χ0v) is 16.3. The second-order valence-electron chi connectivity index (χ2n) is 7.47. The van der Waals surface area contributed by atoms with Crippen LogP contribution in [0.15, 0.2) is 15.5 Å². The summed E-state index contributed by atoms with van der Waals surface area (Å²) in [6, 6.07) is -0.857. The van der Waals surface area contributed by atoms with E-state index < -0.39 is 22.1 Å². The quantitative estimate of drug-likeness (QED) is 0.687. The van der Waals surface area contributed by atoms with Crippen molar-refractivity contribution in [1.82, 2.24) is 9.78 Å². The van der Waals surface area contributed by atoms with Crippen LogP contribution in [0.1, 0.15) is 28.7 Å². The fourth-order valence-electron chi connectivity index (χ4n) is 4.26. The molecule has 1 aliphatic heterocycles. The van der Waals surface area contributed by atoms with Crippen LogP contribution in [0, 0.1) is 5.82 Å². The molecule has 5 rings (SSSR count). The number of halogens is 1. The standard InChI is InChI=1S/C18H20FN5O4S/c19-15-10-2-1-3-12(10)16(13-5-4-11(13)15)22-18(26)23-29(20,27)14-6-21-24-7-9(8-25)28-17(14)24/h6,9,25H,1-5,7-8H2,(H3,20,22,23,26,27)/t9-,29?/m0/s1. The normalized spacial score (nSPS) is 20.7. The number of aromatic nitrogens is 2. The summed E-state index contributed by atoms with van der Waals surface area (Å²) in [5.74, 6) is -0.0118. The van der Waals surface area contributed by atoms with Crippen LogP contribution in [-0.4, -0.2) is 37.8 Å². The first-order valence-electron chi connectivity index (χ1n) is 9.43. The number of fused-ring (bicyclic) bond motifs is 3. The van der Waals surface area contributed by atoms with E-state index in [2.05, 4.69) is 14.8 Å². The molecular weight excluding hydrogens is 401 g/mol. The summed E-state index contributed by atoms with van der Waals surface area (Å²) >= 11 is 0. The number of carbonyl (C=O) groups excluding carboxylic acids is 1. The predicted molar refractivity (Wildman–Crippen MR) is 102 cm³/mol. The minimum Gasteiger partial charge on any atom is -0.469 e. The van der Waals surface area contributed by atoms with Crippen LogP contribution in [0.4, 0.5) is 14.9 Å². The molecule has 9 nitrogen and oxygen atoms in total. The molecule has 0 spiro atoms. The molecule has 0 saturated heterocycles. The van der Waals surface area contributed by atoms with Gasteiger partial charge in [0.1, 0.15) is 16.8 Å². The zero-order valence-electron chi connectivity index (χ0n) is 15.5. The van der Waals surface area contributed by atoms with E-state index in [0.29, 0.717) is 49.0 Å². The van der Waals surface area contributed by atoms with E-state index in [4.69, 9.17) is 9.88 Å². The van der Waals surface area contributed by atoms with Gasteiger partial charge in [0, 0.05) is 5.69 Å². The van der Waals surface area contributed by atoms with Gasteiger partial charge < -0.3 is 15.2 Å². The minimum atomic E-state index is -3.62. The molecule has 2 aromatic rings. The third-order valence-electron chi connectivity index (χ3n) is 5.72. The molecule has 29 heavy (non-hydrogen) atoms. The number of rotatable bonds is 3. The molecule has 0 bridgehead atoms. The van der Waals surface area contributed by atoms with Crippen LogP contribution in [0.5, 0.6) is 5.88 Å². The van der Waals surface area contributed by atoms with Crippen molar-refractivity contribution in [2.24, 2.45) is 9.50 Å². The molecule has 4 N–H and O–H groups in total. The third-order valence-corrected chi connectivity index (χ3v) is 7.07. The molecule has 154 valence electrons. The first-order chi connectivity index (χ1) is 13.9. The van der Waals surface area contributed by atoms with E-state index in [-0.39, 0.29) is 23.2 Å². The number of nitrogens with two attached hydrogens (primary N) is 1. The Balaban J connectivity index is 1.47. The van der Waals surface area contributed by atoms with Crippen LogP contribution >= 0.6 is 0 Å².